The minimum Gasteiger partial charge on any atom is -0.444 e. The molecule has 1 saturated heterocycles. The van der Waals surface area contributed by atoms with Gasteiger partial charge in [-0.3, -0.25) is 9.78 Å². The zero-order valence-corrected chi connectivity index (χ0v) is 18.4. The van der Waals surface area contributed by atoms with Gasteiger partial charge in [0.05, 0.1) is 12.4 Å². The Balaban J connectivity index is 1.13. The summed E-state index contributed by atoms with van der Waals surface area (Å²) in [5.74, 6) is 1.68. The van der Waals surface area contributed by atoms with Gasteiger partial charge in [0.1, 0.15) is 5.69 Å². The molecule has 2 fully saturated rings. The van der Waals surface area contributed by atoms with Crippen molar-refractivity contribution in [2.75, 3.05) is 18.0 Å². The van der Waals surface area contributed by atoms with Gasteiger partial charge in [0.25, 0.3) is 17.7 Å². The van der Waals surface area contributed by atoms with Crippen LogP contribution in [0.4, 0.5) is 5.95 Å². The maximum atomic E-state index is 13.5. The van der Waals surface area contributed by atoms with Gasteiger partial charge in [-0.1, -0.05) is 12.1 Å². The van der Waals surface area contributed by atoms with Crippen molar-refractivity contribution in [2.45, 2.75) is 37.8 Å². The van der Waals surface area contributed by atoms with Gasteiger partial charge in [-0.15, -0.1) is 0 Å². The van der Waals surface area contributed by atoms with Crippen LogP contribution in [0.15, 0.2) is 64.4 Å². The molecule has 34 heavy (non-hydrogen) atoms. The molecule has 2 aliphatic rings. The lowest BCUT2D eigenvalue weighted by atomic mass is 10.0. The molecule has 0 radical (unpaired) electrons. The molecular formula is C24H23N7O3. The van der Waals surface area contributed by atoms with Gasteiger partial charge < -0.3 is 18.7 Å². The number of benzene rings is 1. The van der Waals surface area contributed by atoms with Crippen LogP contribution in [0, 0.1) is 0 Å². The number of aromatic nitrogens is 5. The van der Waals surface area contributed by atoms with Crippen LogP contribution in [-0.2, 0) is 0 Å². The Hall–Kier alpha value is -4.08. The number of piperidine rings is 1. The molecule has 0 N–H and O–H groups in total. The van der Waals surface area contributed by atoms with E-state index in [1.807, 2.05) is 24.3 Å². The van der Waals surface area contributed by atoms with Crippen molar-refractivity contribution in [1.29, 1.82) is 0 Å². The fourth-order valence-electron chi connectivity index (χ4n) is 4.47. The van der Waals surface area contributed by atoms with Crippen LogP contribution in [-0.4, -0.2) is 61.1 Å². The lowest BCUT2D eigenvalue weighted by molar-refractivity contribution is 0.0630. The summed E-state index contributed by atoms with van der Waals surface area (Å²) in [6, 6.07) is 8.08. The maximum Gasteiger partial charge on any atom is 0.279 e. The smallest absolute Gasteiger partial charge is 0.279 e. The van der Waals surface area contributed by atoms with Crippen LogP contribution in [0.5, 0.6) is 0 Å². The number of hydrogen-bond donors (Lipinski definition) is 0. The summed E-state index contributed by atoms with van der Waals surface area (Å²) in [5.41, 5.74) is 2.15. The van der Waals surface area contributed by atoms with Gasteiger partial charge in [-0.05, 0) is 43.0 Å². The van der Waals surface area contributed by atoms with Crippen molar-refractivity contribution in [3.63, 3.8) is 0 Å². The average Bonchev–Trinajstić information content (AvgIpc) is 3.35. The summed E-state index contributed by atoms with van der Waals surface area (Å²) in [5, 5.41) is 4.12. The van der Waals surface area contributed by atoms with Crippen molar-refractivity contribution in [2.24, 2.45) is 0 Å². The molecule has 0 unspecified atom stereocenters. The first-order valence-electron chi connectivity index (χ1n) is 11.4. The van der Waals surface area contributed by atoms with Crippen LogP contribution in [0.2, 0.25) is 0 Å². The second-order valence-corrected chi connectivity index (χ2v) is 8.60. The second-order valence-electron chi connectivity index (χ2n) is 8.60. The van der Waals surface area contributed by atoms with E-state index in [0.717, 1.165) is 44.3 Å². The Labute approximate surface area is 195 Å². The minimum atomic E-state index is 0.0922. The Morgan fingerprint density at radius 1 is 0.971 bits per heavy atom. The molecular weight excluding hydrogens is 434 g/mol. The van der Waals surface area contributed by atoms with Crippen molar-refractivity contribution >= 4 is 11.9 Å². The third kappa shape index (κ3) is 4.02. The quantitative estimate of drug-likeness (QED) is 0.429. The lowest BCUT2D eigenvalue weighted by Crippen LogP contribution is -2.48. The molecule has 10 heteroatoms. The van der Waals surface area contributed by atoms with E-state index in [0.29, 0.717) is 34.9 Å². The predicted octanol–water partition coefficient (Wildman–Crippen LogP) is 3.46. The van der Waals surface area contributed by atoms with E-state index in [-0.39, 0.29) is 11.9 Å². The highest BCUT2D eigenvalue weighted by atomic mass is 16.5. The number of anilines is 1. The van der Waals surface area contributed by atoms with Crippen molar-refractivity contribution < 1.29 is 13.7 Å². The molecule has 172 valence electrons. The summed E-state index contributed by atoms with van der Waals surface area (Å²) < 4.78 is 10.7. The first-order valence-corrected chi connectivity index (χ1v) is 11.4. The van der Waals surface area contributed by atoms with Gasteiger partial charge in [0, 0.05) is 48.7 Å². The fourth-order valence-corrected chi connectivity index (χ4v) is 4.47. The zero-order chi connectivity index (χ0) is 22.9. The molecule has 10 nitrogen and oxygen atoms in total. The van der Waals surface area contributed by atoms with E-state index in [4.69, 9.17) is 8.94 Å². The molecule has 1 aliphatic heterocycles. The Morgan fingerprint density at radius 3 is 2.44 bits per heavy atom. The van der Waals surface area contributed by atoms with Gasteiger partial charge in [-0.25, -0.2) is 9.97 Å². The predicted molar refractivity (Wildman–Crippen MR) is 122 cm³/mol. The monoisotopic (exact) mass is 457 g/mol. The Morgan fingerprint density at radius 2 is 1.76 bits per heavy atom. The first-order chi connectivity index (χ1) is 16.8. The van der Waals surface area contributed by atoms with Gasteiger partial charge in [0.15, 0.2) is 12.2 Å². The molecule has 0 bridgehead atoms. The number of carbonyl (C=O) groups is 1. The van der Waals surface area contributed by atoms with Crippen LogP contribution >= 0.6 is 0 Å². The minimum absolute atomic E-state index is 0.0922. The molecule has 1 saturated carbocycles. The van der Waals surface area contributed by atoms with Gasteiger partial charge >= 0.3 is 0 Å². The van der Waals surface area contributed by atoms with E-state index in [9.17, 15) is 4.79 Å². The lowest BCUT2D eigenvalue weighted by Gasteiger charge is -2.38. The molecule has 1 aromatic carbocycles. The van der Waals surface area contributed by atoms with Gasteiger partial charge in [0.2, 0.25) is 0 Å². The standard InChI is InChI=1S/C24H23N7O3/c32-23(17-3-1-16(2-4-17)21-14-26-15-33-21)31(18-5-6-18)19-7-11-30(12-8-19)24-28-22(34-29-24)20-13-25-9-10-27-20/h1-4,9-10,13-15,18-19H,5-8,11-12H2. The number of carbonyl (C=O) groups excluding carboxylic acids is 1. The molecule has 4 aromatic rings. The third-order valence-corrected chi connectivity index (χ3v) is 6.36. The molecule has 3 aromatic heterocycles. The topological polar surface area (TPSA) is 114 Å². The molecule has 1 aliphatic carbocycles. The summed E-state index contributed by atoms with van der Waals surface area (Å²) in [4.78, 5) is 34.4. The van der Waals surface area contributed by atoms with Crippen molar-refractivity contribution in [3.8, 4) is 22.9 Å². The summed E-state index contributed by atoms with van der Waals surface area (Å²) in [6.07, 6.45) is 11.7. The summed E-state index contributed by atoms with van der Waals surface area (Å²) in [6.45, 7) is 1.51. The number of rotatable bonds is 6. The van der Waals surface area contributed by atoms with Crippen molar-refractivity contribution in [1.82, 2.24) is 30.0 Å². The van der Waals surface area contributed by atoms with Crippen molar-refractivity contribution in [3.05, 3.63) is 61.0 Å². The molecule has 4 heterocycles. The Bertz CT molecular complexity index is 1250. The van der Waals surface area contributed by atoms with Crippen LogP contribution in [0.1, 0.15) is 36.0 Å². The summed E-state index contributed by atoms with van der Waals surface area (Å²) in [7, 11) is 0. The second kappa shape index (κ2) is 8.69. The van der Waals surface area contributed by atoms with E-state index in [2.05, 4.69) is 34.9 Å². The highest BCUT2D eigenvalue weighted by molar-refractivity contribution is 5.95. The van der Waals surface area contributed by atoms with E-state index < -0.39 is 0 Å². The van der Waals surface area contributed by atoms with Crippen LogP contribution in [0.25, 0.3) is 22.9 Å². The Kier molecular flexibility index (Phi) is 5.25. The number of hydrogen-bond acceptors (Lipinski definition) is 9. The molecule has 1 amide bonds. The number of amides is 1. The molecule has 0 atom stereocenters. The van der Waals surface area contributed by atoms with Crippen LogP contribution < -0.4 is 4.90 Å². The van der Waals surface area contributed by atoms with E-state index in [1.165, 1.54) is 6.39 Å². The van der Waals surface area contributed by atoms with Gasteiger partial charge in [-0.2, -0.15) is 4.98 Å². The SMILES string of the molecule is O=C(c1ccc(-c2cnco2)cc1)N(C1CC1)C1CCN(c2noc(-c3cnccn3)n2)CC1. The van der Waals surface area contributed by atoms with E-state index in [1.54, 1.807) is 24.8 Å². The summed E-state index contributed by atoms with van der Waals surface area (Å²) >= 11 is 0. The van der Waals surface area contributed by atoms with Crippen LogP contribution in [0.3, 0.4) is 0 Å². The van der Waals surface area contributed by atoms with E-state index >= 15 is 0 Å². The fraction of sp³-hybridized carbons (Fsp3) is 0.333. The third-order valence-electron chi connectivity index (χ3n) is 6.36. The molecule has 6 rings (SSSR count). The number of nitrogens with zero attached hydrogens (tertiary/aromatic N) is 7. The normalized spacial score (nSPS) is 16.5. The number of oxazole rings is 1. The highest BCUT2D eigenvalue weighted by Gasteiger charge is 2.39. The molecule has 0 spiro atoms. The highest BCUT2D eigenvalue weighted by Crippen LogP contribution is 2.34. The average molecular weight is 457 g/mol. The zero-order valence-electron chi connectivity index (χ0n) is 18.4. The largest absolute Gasteiger partial charge is 0.444 e. The first kappa shape index (κ1) is 20.5. The maximum absolute atomic E-state index is 13.5.